The molecule has 2 aromatic rings. The highest BCUT2D eigenvalue weighted by Gasteiger charge is 2.47. The smallest absolute Gasteiger partial charge is 0.163 e. The number of rotatable bonds is 4. The summed E-state index contributed by atoms with van der Waals surface area (Å²) in [6, 6.07) is 16.1. The summed E-state index contributed by atoms with van der Waals surface area (Å²) in [7, 11) is 0. The van der Waals surface area contributed by atoms with E-state index >= 15 is 0 Å². The zero-order chi connectivity index (χ0) is 25.0. The molecule has 0 saturated carbocycles. The minimum absolute atomic E-state index is 0.0883. The lowest BCUT2D eigenvalue weighted by Gasteiger charge is -2.42. The average Bonchev–Trinajstić information content (AvgIpc) is 2.76. The summed E-state index contributed by atoms with van der Waals surface area (Å²) in [5.41, 5.74) is 4.33. The quantitative estimate of drug-likeness (QED) is 0.484. The van der Waals surface area contributed by atoms with Crippen LogP contribution in [0.2, 0.25) is 0 Å². The first-order valence-electron chi connectivity index (χ1n) is 12.5. The van der Waals surface area contributed by atoms with Gasteiger partial charge in [-0.05, 0) is 46.6 Å². The highest BCUT2D eigenvalue weighted by Crippen LogP contribution is 2.53. The van der Waals surface area contributed by atoms with Crippen molar-refractivity contribution in [2.24, 2.45) is 10.8 Å². The topological polar surface area (TPSA) is 52.6 Å². The van der Waals surface area contributed by atoms with Gasteiger partial charge >= 0.3 is 0 Å². The third kappa shape index (κ3) is 4.59. The predicted octanol–water partition coefficient (Wildman–Crippen LogP) is 6.97. The molecule has 0 radical (unpaired) electrons. The van der Waals surface area contributed by atoms with Gasteiger partial charge in [0.2, 0.25) is 0 Å². The Hall–Kier alpha value is -3.14. The van der Waals surface area contributed by atoms with Crippen molar-refractivity contribution in [1.82, 2.24) is 0 Å². The molecule has 5 rings (SSSR count). The Bertz CT molecular complexity index is 1210. The van der Waals surface area contributed by atoms with Crippen LogP contribution in [-0.4, -0.2) is 11.6 Å². The van der Waals surface area contributed by atoms with E-state index < -0.39 is 0 Å². The van der Waals surface area contributed by atoms with Crippen LogP contribution in [0, 0.1) is 17.8 Å². The van der Waals surface area contributed by atoms with Crippen molar-refractivity contribution in [3.63, 3.8) is 0 Å². The van der Waals surface area contributed by atoms with Crippen LogP contribution in [0.25, 0.3) is 0 Å². The number of ketones is 2. The second-order valence-corrected chi connectivity index (χ2v) is 11.9. The first kappa shape index (κ1) is 23.6. The monoisotopic (exact) mass is 470 g/mol. The molecule has 2 aliphatic carbocycles. The molecule has 0 spiro atoms. The summed E-state index contributed by atoms with van der Waals surface area (Å²) >= 11 is 0. The van der Waals surface area contributed by atoms with Crippen molar-refractivity contribution < 1.29 is 19.1 Å². The average molecular weight is 471 g/mol. The molecule has 0 amide bonds. The number of carbonyl (C=O) groups excluding carboxylic acids is 2. The van der Waals surface area contributed by atoms with Gasteiger partial charge in [-0.1, -0.05) is 64.1 Å². The van der Waals surface area contributed by atoms with E-state index in [0.717, 1.165) is 28.4 Å². The van der Waals surface area contributed by atoms with E-state index in [9.17, 15) is 9.59 Å². The lowest BCUT2D eigenvalue weighted by atomic mass is 9.65. The van der Waals surface area contributed by atoms with Crippen molar-refractivity contribution in [1.29, 1.82) is 0 Å². The van der Waals surface area contributed by atoms with E-state index in [1.165, 1.54) is 5.56 Å². The second-order valence-electron chi connectivity index (χ2n) is 11.9. The summed E-state index contributed by atoms with van der Waals surface area (Å²) in [5.74, 6) is 2.07. The summed E-state index contributed by atoms with van der Waals surface area (Å²) < 4.78 is 12.4. The van der Waals surface area contributed by atoms with Gasteiger partial charge in [-0.25, -0.2) is 0 Å². The Morgan fingerprint density at radius 1 is 0.800 bits per heavy atom. The number of aryl methyl sites for hydroxylation is 1. The lowest BCUT2D eigenvalue weighted by molar-refractivity contribution is -0.120. The number of carbonyl (C=O) groups is 2. The van der Waals surface area contributed by atoms with Crippen LogP contribution in [-0.2, 0) is 20.9 Å². The lowest BCUT2D eigenvalue weighted by Crippen LogP contribution is -2.37. The third-order valence-electron chi connectivity index (χ3n) is 7.45. The maximum atomic E-state index is 13.4. The minimum atomic E-state index is -0.369. The van der Waals surface area contributed by atoms with Gasteiger partial charge in [0.15, 0.2) is 11.6 Å². The fourth-order valence-corrected chi connectivity index (χ4v) is 5.70. The Kier molecular flexibility index (Phi) is 5.74. The molecule has 0 N–H and O–H groups in total. The molecular formula is C31H34O4. The van der Waals surface area contributed by atoms with Gasteiger partial charge in [0, 0.05) is 42.7 Å². The van der Waals surface area contributed by atoms with Crippen LogP contribution in [0.4, 0.5) is 0 Å². The molecule has 182 valence electrons. The molecule has 2 aromatic carbocycles. The zero-order valence-electron chi connectivity index (χ0n) is 21.4. The van der Waals surface area contributed by atoms with Crippen LogP contribution in [0.3, 0.4) is 0 Å². The van der Waals surface area contributed by atoms with Gasteiger partial charge in [-0.15, -0.1) is 0 Å². The van der Waals surface area contributed by atoms with Gasteiger partial charge in [-0.3, -0.25) is 9.59 Å². The first-order valence-corrected chi connectivity index (χ1v) is 12.5. The number of hydrogen-bond acceptors (Lipinski definition) is 4. The van der Waals surface area contributed by atoms with E-state index in [1.54, 1.807) is 0 Å². The van der Waals surface area contributed by atoms with Crippen LogP contribution < -0.4 is 4.74 Å². The Morgan fingerprint density at radius 2 is 1.34 bits per heavy atom. The van der Waals surface area contributed by atoms with Crippen molar-refractivity contribution in [2.75, 3.05) is 0 Å². The van der Waals surface area contributed by atoms with E-state index in [-0.39, 0.29) is 28.3 Å². The molecule has 0 bridgehead atoms. The molecule has 0 fully saturated rings. The van der Waals surface area contributed by atoms with Gasteiger partial charge in [-0.2, -0.15) is 0 Å². The summed E-state index contributed by atoms with van der Waals surface area (Å²) in [6.07, 6.45) is 2.33. The van der Waals surface area contributed by atoms with Gasteiger partial charge in [0.05, 0.1) is 0 Å². The van der Waals surface area contributed by atoms with Crippen molar-refractivity contribution >= 4 is 11.6 Å². The molecule has 3 aliphatic rings. The van der Waals surface area contributed by atoms with Crippen molar-refractivity contribution in [2.45, 2.75) is 72.8 Å². The highest BCUT2D eigenvalue weighted by molar-refractivity contribution is 6.06. The molecule has 4 nitrogen and oxygen atoms in total. The molecule has 0 unspecified atom stereocenters. The SMILES string of the molecule is Cc1ccccc1COc1ccc(C2C3=C(CC(C)(C)CC3=O)OC3=C2C(=O)CC(C)(C)C3)cc1. The predicted molar refractivity (Wildman–Crippen MR) is 136 cm³/mol. The Morgan fingerprint density at radius 3 is 1.89 bits per heavy atom. The molecule has 35 heavy (non-hydrogen) atoms. The van der Waals surface area contributed by atoms with Gasteiger partial charge < -0.3 is 9.47 Å². The number of allylic oxidation sites excluding steroid dienone is 4. The van der Waals surface area contributed by atoms with Crippen LogP contribution in [0.1, 0.15) is 76.0 Å². The highest BCUT2D eigenvalue weighted by atomic mass is 16.5. The minimum Gasteiger partial charge on any atom is -0.489 e. The number of ether oxygens (including phenoxy) is 2. The molecule has 4 heteroatoms. The van der Waals surface area contributed by atoms with Crippen LogP contribution in [0.5, 0.6) is 5.75 Å². The van der Waals surface area contributed by atoms with Crippen molar-refractivity contribution in [3.05, 3.63) is 87.9 Å². The van der Waals surface area contributed by atoms with Crippen molar-refractivity contribution in [3.8, 4) is 5.75 Å². The van der Waals surface area contributed by atoms with Crippen LogP contribution in [0.15, 0.2) is 71.2 Å². The standard InChI is InChI=1S/C31H34O4/c1-19-8-6-7-9-21(19)18-34-22-12-10-20(11-13-22)27-28-23(32)14-30(2,3)16-25(28)35-26-17-31(4,5)15-24(33)29(26)27/h6-13,27H,14-18H2,1-5H3. The molecular weight excluding hydrogens is 436 g/mol. The molecule has 0 saturated heterocycles. The van der Waals surface area contributed by atoms with E-state index in [4.69, 9.17) is 9.47 Å². The van der Waals surface area contributed by atoms with E-state index in [2.05, 4.69) is 46.8 Å². The fourth-order valence-electron chi connectivity index (χ4n) is 5.70. The Balaban J connectivity index is 1.50. The van der Waals surface area contributed by atoms with Gasteiger partial charge in [0.1, 0.15) is 23.9 Å². The summed E-state index contributed by atoms with van der Waals surface area (Å²) in [5, 5.41) is 0. The molecule has 1 aliphatic heterocycles. The first-order chi connectivity index (χ1) is 16.5. The summed E-state index contributed by atoms with van der Waals surface area (Å²) in [6.45, 7) is 11.0. The van der Waals surface area contributed by atoms with Crippen LogP contribution >= 0.6 is 0 Å². The zero-order valence-corrected chi connectivity index (χ0v) is 21.4. The maximum absolute atomic E-state index is 13.4. The van der Waals surface area contributed by atoms with E-state index in [0.29, 0.717) is 43.4 Å². The number of benzene rings is 2. The largest absolute Gasteiger partial charge is 0.489 e. The maximum Gasteiger partial charge on any atom is 0.163 e. The van der Waals surface area contributed by atoms with Gasteiger partial charge in [0.25, 0.3) is 0 Å². The normalized spacial score (nSPS) is 21.4. The molecule has 0 atom stereocenters. The number of hydrogen-bond donors (Lipinski definition) is 0. The van der Waals surface area contributed by atoms with E-state index in [1.807, 2.05) is 36.4 Å². The second kappa shape index (κ2) is 8.51. The number of Topliss-reactive ketones (excluding diaryl/α,β-unsaturated/α-hetero) is 2. The Labute approximate surface area is 208 Å². The molecule has 0 aromatic heterocycles. The summed E-state index contributed by atoms with van der Waals surface area (Å²) in [4.78, 5) is 26.8. The fraction of sp³-hybridized carbons (Fsp3) is 0.419. The third-order valence-corrected chi connectivity index (χ3v) is 7.45. The molecule has 1 heterocycles.